The summed E-state index contributed by atoms with van der Waals surface area (Å²) in [6.45, 7) is 11.9. The fourth-order valence-electron chi connectivity index (χ4n) is 3.57. The second kappa shape index (κ2) is 13.4. The van der Waals surface area contributed by atoms with E-state index < -0.39 is 12.2 Å². The monoisotopic (exact) mass is 582 g/mol. The van der Waals surface area contributed by atoms with E-state index in [1.54, 1.807) is 22.0 Å². The molecule has 0 fully saturated rings. The van der Waals surface area contributed by atoms with Gasteiger partial charge in [-0.05, 0) is 58.4 Å². The lowest BCUT2D eigenvalue weighted by Gasteiger charge is -2.28. The molecule has 0 amide bonds. The van der Waals surface area contributed by atoms with Gasteiger partial charge in [0.2, 0.25) is 0 Å². The number of halogens is 2. The molecule has 0 aliphatic heterocycles. The lowest BCUT2D eigenvalue weighted by molar-refractivity contribution is 0.109. The Balaban J connectivity index is 0.000000220. The number of benzene rings is 2. The average molecular weight is 584 g/mol. The number of aliphatic hydroxyl groups excluding tert-OH is 2. The third-order valence-electron chi connectivity index (χ3n) is 5.94. The van der Waals surface area contributed by atoms with Crippen molar-refractivity contribution in [1.82, 2.24) is 29.5 Å². The molecule has 40 heavy (non-hydrogen) atoms. The summed E-state index contributed by atoms with van der Waals surface area (Å²) in [6.07, 6.45) is 8.51. The molecule has 0 radical (unpaired) electrons. The highest BCUT2D eigenvalue weighted by Gasteiger charge is 2.28. The zero-order chi connectivity index (χ0) is 29.5. The van der Waals surface area contributed by atoms with Crippen molar-refractivity contribution in [2.75, 3.05) is 0 Å². The molecule has 2 aromatic heterocycles. The molecule has 0 saturated carbocycles. The molecule has 0 aliphatic carbocycles. The molecule has 2 heterocycles. The van der Waals surface area contributed by atoms with Gasteiger partial charge in [-0.25, -0.2) is 19.3 Å². The SMILES string of the molecule is CC(C)(C)C(O)/C(=C\c1ccc(Cl)cc1)n1cncn1.CC(C)(C)C(O)/C(=C\c1ccc(Cl)cc1)n1cncn1. The van der Waals surface area contributed by atoms with Crippen LogP contribution in [0.5, 0.6) is 0 Å². The number of aliphatic hydroxyl groups is 2. The molecule has 0 spiro atoms. The van der Waals surface area contributed by atoms with E-state index >= 15 is 0 Å². The fourth-order valence-corrected chi connectivity index (χ4v) is 3.82. The predicted molar refractivity (Wildman–Crippen MR) is 162 cm³/mol. The van der Waals surface area contributed by atoms with Crippen LogP contribution in [0.3, 0.4) is 0 Å². The van der Waals surface area contributed by atoms with Crippen LogP contribution in [0.2, 0.25) is 10.0 Å². The molecule has 0 bridgehead atoms. The van der Waals surface area contributed by atoms with Crippen LogP contribution in [0.25, 0.3) is 23.5 Å². The fraction of sp³-hybridized carbons (Fsp3) is 0.333. The van der Waals surface area contributed by atoms with Crippen molar-refractivity contribution < 1.29 is 10.2 Å². The highest BCUT2D eigenvalue weighted by atomic mass is 35.5. The summed E-state index contributed by atoms with van der Waals surface area (Å²) in [6, 6.07) is 14.9. The minimum atomic E-state index is -0.667. The van der Waals surface area contributed by atoms with E-state index in [1.165, 1.54) is 12.7 Å². The molecule has 0 aliphatic rings. The van der Waals surface area contributed by atoms with Crippen molar-refractivity contribution in [1.29, 1.82) is 0 Å². The molecule has 2 unspecified atom stereocenters. The van der Waals surface area contributed by atoms with Gasteiger partial charge in [-0.3, -0.25) is 0 Å². The largest absolute Gasteiger partial charge is 0.386 e. The smallest absolute Gasteiger partial charge is 0.138 e. The zero-order valence-corrected chi connectivity index (χ0v) is 25.1. The lowest BCUT2D eigenvalue weighted by atomic mass is 9.86. The predicted octanol–water partition coefficient (Wildman–Crippen LogP) is 6.67. The third kappa shape index (κ3) is 8.86. The van der Waals surface area contributed by atoms with Crippen molar-refractivity contribution in [3.05, 3.63) is 95.0 Å². The minimum Gasteiger partial charge on any atom is -0.386 e. The molecular weight excluding hydrogens is 547 g/mol. The second-order valence-electron chi connectivity index (χ2n) is 11.5. The van der Waals surface area contributed by atoms with E-state index in [9.17, 15) is 10.2 Å². The summed E-state index contributed by atoms with van der Waals surface area (Å²) in [4.78, 5) is 7.88. The zero-order valence-electron chi connectivity index (χ0n) is 23.6. The van der Waals surface area contributed by atoms with Gasteiger partial charge in [-0.15, -0.1) is 0 Å². The van der Waals surface area contributed by atoms with Gasteiger partial charge >= 0.3 is 0 Å². The second-order valence-corrected chi connectivity index (χ2v) is 12.3. The highest BCUT2D eigenvalue weighted by molar-refractivity contribution is 6.30. The maximum atomic E-state index is 10.6. The number of hydrogen-bond acceptors (Lipinski definition) is 6. The summed E-state index contributed by atoms with van der Waals surface area (Å²) in [7, 11) is 0. The molecule has 4 aromatic rings. The first-order valence-electron chi connectivity index (χ1n) is 12.8. The summed E-state index contributed by atoms with van der Waals surface area (Å²) in [5, 5.41) is 30.7. The maximum absolute atomic E-state index is 10.6. The van der Waals surface area contributed by atoms with Gasteiger partial charge < -0.3 is 10.2 Å². The Morgan fingerprint density at radius 1 is 0.650 bits per heavy atom. The van der Waals surface area contributed by atoms with Gasteiger partial charge in [0, 0.05) is 10.0 Å². The Hall–Kier alpha value is -3.30. The summed E-state index contributed by atoms with van der Waals surface area (Å²) in [5.74, 6) is 0. The number of nitrogens with zero attached hydrogens (tertiary/aromatic N) is 6. The first-order valence-corrected chi connectivity index (χ1v) is 13.5. The van der Waals surface area contributed by atoms with Crippen LogP contribution < -0.4 is 0 Å². The Morgan fingerprint density at radius 3 is 1.23 bits per heavy atom. The van der Waals surface area contributed by atoms with Crippen LogP contribution in [0.1, 0.15) is 52.7 Å². The molecule has 10 heteroatoms. The first kappa shape index (κ1) is 31.2. The standard InChI is InChI=1S/2C15H18ClN3O/c2*1-15(2,3)14(20)13(19-10-17-9-18-19)8-11-4-6-12(16)7-5-11/h2*4-10,14,20H,1-3H3/b2*13-8+. The molecule has 8 nitrogen and oxygen atoms in total. The van der Waals surface area contributed by atoms with E-state index in [-0.39, 0.29) is 10.8 Å². The Bertz CT molecular complexity index is 1270. The average Bonchev–Trinajstić information content (AvgIpc) is 3.62. The number of rotatable bonds is 6. The normalized spacial score (nSPS) is 14.3. The van der Waals surface area contributed by atoms with Gasteiger partial charge in [0.25, 0.3) is 0 Å². The molecule has 2 N–H and O–H groups in total. The van der Waals surface area contributed by atoms with E-state index in [2.05, 4.69) is 20.2 Å². The number of hydrogen-bond donors (Lipinski definition) is 2. The summed E-state index contributed by atoms with van der Waals surface area (Å²) < 4.78 is 3.18. The first-order chi connectivity index (χ1) is 18.8. The third-order valence-corrected chi connectivity index (χ3v) is 6.44. The van der Waals surface area contributed by atoms with Crippen LogP contribution in [-0.4, -0.2) is 51.9 Å². The van der Waals surface area contributed by atoms with Gasteiger partial charge in [-0.2, -0.15) is 10.2 Å². The lowest BCUT2D eigenvalue weighted by Crippen LogP contribution is -2.29. The van der Waals surface area contributed by atoms with Crippen molar-refractivity contribution in [2.45, 2.75) is 53.8 Å². The molecule has 0 saturated heterocycles. The molecule has 2 aromatic carbocycles. The van der Waals surface area contributed by atoms with Crippen molar-refractivity contribution in [2.24, 2.45) is 10.8 Å². The van der Waals surface area contributed by atoms with Crippen LogP contribution >= 0.6 is 23.2 Å². The van der Waals surface area contributed by atoms with E-state index in [1.807, 2.05) is 102 Å². The Kier molecular flexibility index (Phi) is 10.4. The topological polar surface area (TPSA) is 102 Å². The Morgan fingerprint density at radius 2 is 0.975 bits per heavy atom. The van der Waals surface area contributed by atoms with Crippen LogP contribution in [0.4, 0.5) is 0 Å². The van der Waals surface area contributed by atoms with Crippen molar-refractivity contribution in [3.8, 4) is 0 Å². The van der Waals surface area contributed by atoms with Crippen molar-refractivity contribution >= 4 is 46.7 Å². The van der Waals surface area contributed by atoms with Crippen LogP contribution in [0, 0.1) is 10.8 Å². The van der Waals surface area contributed by atoms with Crippen LogP contribution in [0.15, 0.2) is 73.8 Å². The van der Waals surface area contributed by atoms with Gasteiger partial charge in [0.1, 0.15) is 37.5 Å². The van der Waals surface area contributed by atoms with E-state index in [4.69, 9.17) is 23.2 Å². The van der Waals surface area contributed by atoms with Gasteiger partial charge in [0.15, 0.2) is 0 Å². The molecule has 2 atom stereocenters. The minimum absolute atomic E-state index is 0.301. The molecule has 212 valence electrons. The van der Waals surface area contributed by atoms with E-state index in [0.29, 0.717) is 21.4 Å². The van der Waals surface area contributed by atoms with Crippen LogP contribution in [-0.2, 0) is 0 Å². The van der Waals surface area contributed by atoms with Gasteiger partial charge in [-0.1, -0.05) is 89.0 Å². The summed E-state index contributed by atoms with van der Waals surface area (Å²) >= 11 is 11.8. The highest BCUT2D eigenvalue weighted by Crippen LogP contribution is 2.30. The van der Waals surface area contributed by atoms with Gasteiger partial charge in [0.05, 0.1) is 11.4 Å². The number of aromatic nitrogens is 6. The molecule has 4 rings (SSSR count). The Labute approximate surface area is 245 Å². The van der Waals surface area contributed by atoms with Crippen molar-refractivity contribution in [3.63, 3.8) is 0 Å². The summed E-state index contributed by atoms with van der Waals surface area (Å²) in [5.41, 5.74) is 2.65. The molecular formula is C30H36Cl2N6O2. The quantitative estimate of drug-likeness (QED) is 0.263. The maximum Gasteiger partial charge on any atom is 0.138 e. The van der Waals surface area contributed by atoms with E-state index in [0.717, 1.165) is 11.1 Å².